The van der Waals surface area contributed by atoms with Gasteiger partial charge in [0.2, 0.25) is 0 Å². The number of ether oxygens (including phenoxy) is 1. The zero-order valence-electron chi connectivity index (χ0n) is 17.4. The van der Waals surface area contributed by atoms with Crippen molar-refractivity contribution in [2.45, 2.75) is 89.4 Å². The van der Waals surface area contributed by atoms with Gasteiger partial charge in [0, 0.05) is 31.3 Å². The molecule has 2 N–H and O–H groups in total. The van der Waals surface area contributed by atoms with Crippen LogP contribution < -0.4 is 5.32 Å². The van der Waals surface area contributed by atoms with Gasteiger partial charge in [-0.05, 0) is 63.8 Å². The van der Waals surface area contributed by atoms with Crippen molar-refractivity contribution in [1.82, 2.24) is 15.1 Å². The molecule has 0 aromatic rings. The summed E-state index contributed by atoms with van der Waals surface area (Å²) < 4.78 is 5.81. The number of carboxylic acids is 1. The van der Waals surface area contributed by atoms with E-state index in [4.69, 9.17) is 9.84 Å². The fourth-order valence-corrected chi connectivity index (χ4v) is 4.89. The summed E-state index contributed by atoms with van der Waals surface area (Å²) in [5, 5.41) is 12.3. The number of urea groups is 1. The number of nitrogens with zero attached hydrogens (tertiary/aromatic N) is 2. The van der Waals surface area contributed by atoms with Crippen LogP contribution in [0.1, 0.15) is 65.2 Å². The predicted molar refractivity (Wildman–Crippen MR) is 107 cm³/mol. The summed E-state index contributed by atoms with van der Waals surface area (Å²) in [5.41, 5.74) is 0. The van der Waals surface area contributed by atoms with E-state index in [1.807, 2.05) is 16.7 Å². The zero-order chi connectivity index (χ0) is 20.1. The van der Waals surface area contributed by atoms with Crippen LogP contribution in [0.3, 0.4) is 0 Å². The Bertz CT molecular complexity index is 524. The molecule has 0 aromatic heterocycles. The van der Waals surface area contributed by atoms with E-state index in [-0.39, 0.29) is 30.8 Å². The lowest BCUT2D eigenvalue weighted by molar-refractivity contribution is -0.139. The van der Waals surface area contributed by atoms with E-state index in [1.54, 1.807) is 0 Å². The van der Waals surface area contributed by atoms with Crippen LogP contribution in [-0.4, -0.2) is 77.4 Å². The molecule has 1 atom stereocenters. The summed E-state index contributed by atoms with van der Waals surface area (Å²) in [6, 6.07) is 0.763. The molecule has 0 spiro atoms. The quantitative estimate of drug-likeness (QED) is 0.660. The Balaban J connectivity index is 1.52. The second-order valence-electron chi connectivity index (χ2n) is 8.93. The van der Waals surface area contributed by atoms with Gasteiger partial charge < -0.3 is 20.1 Å². The minimum Gasteiger partial charge on any atom is -0.480 e. The van der Waals surface area contributed by atoms with E-state index in [2.05, 4.69) is 12.2 Å². The molecule has 1 saturated heterocycles. The Kier molecular flexibility index (Phi) is 7.57. The zero-order valence-corrected chi connectivity index (χ0v) is 17.4. The maximum absolute atomic E-state index is 13.1. The van der Waals surface area contributed by atoms with Crippen LogP contribution in [-0.2, 0) is 9.53 Å². The molecule has 3 fully saturated rings. The van der Waals surface area contributed by atoms with Crippen molar-refractivity contribution in [3.05, 3.63) is 0 Å². The van der Waals surface area contributed by atoms with E-state index in [1.165, 1.54) is 12.8 Å². The van der Waals surface area contributed by atoms with E-state index in [0.717, 1.165) is 57.6 Å². The van der Waals surface area contributed by atoms with Gasteiger partial charge in [-0.25, -0.2) is 4.79 Å². The highest BCUT2D eigenvalue weighted by Gasteiger charge is 2.37. The maximum atomic E-state index is 13.1. The minimum atomic E-state index is -0.788. The number of carbonyl (C=O) groups is 2. The number of carboxylic acid groups (broad SMARTS) is 1. The van der Waals surface area contributed by atoms with Crippen LogP contribution in [0.15, 0.2) is 0 Å². The molecule has 1 aliphatic heterocycles. The second kappa shape index (κ2) is 9.92. The lowest BCUT2D eigenvalue weighted by Crippen LogP contribution is -2.58. The molecule has 7 nitrogen and oxygen atoms in total. The van der Waals surface area contributed by atoms with Gasteiger partial charge in [0.15, 0.2) is 0 Å². The van der Waals surface area contributed by atoms with Crippen LogP contribution in [0.25, 0.3) is 0 Å². The van der Waals surface area contributed by atoms with Gasteiger partial charge in [0.25, 0.3) is 0 Å². The molecule has 7 heteroatoms. The van der Waals surface area contributed by atoms with Gasteiger partial charge in [-0.1, -0.05) is 13.8 Å². The van der Waals surface area contributed by atoms with Gasteiger partial charge >= 0.3 is 12.0 Å². The van der Waals surface area contributed by atoms with E-state index in [0.29, 0.717) is 12.6 Å². The highest BCUT2D eigenvalue weighted by atomic mass is 16.5. The number of amides is 2. The van der Waals surface area contributed by atoms with E-state index >= 15 is 0 Å². The van der Waals surface area contributed by atoms with Crippen molar-refractivity contribution >= 4 is 12.0 Å². The first kappa shape index (κ1) is 21.4. The van der Waals surface area contributed by atoms with Gasteiger partial charge in [-0.2, -0.15) is 0 Å². The lowest BCUT2D eigenvalue weighted by Gasteiger charge is -2.44. The van der Waals surface area contributed by atoms with Crippen LogP contribution in [0, 0.1) is 5.92 Å². The average Bonchev–Trinajstić information content (AvgIpc) is 3.14. The van der Waals surface area contributed by atoms with Crippen molar-refractivity contribution in [1.29, 1.82) is 0 Å². The van der Waals surface area contributed by atoms with Crippen molar-refractivity contribution in [3.8, 4) is 0 Å². The van der Waals surface area contributed by atoms with Gasteiger partial charge in [0.1, 0.15) is 0 Å². The molecule has 160 valence electrons. The van der Waals surface area contributed by atoms with E-state index < -0.39 is 5.97 Å². The highest BCUT2D eigenvalue weighted by Crippen LogP contribution is 2.30. The Morgan fingerprint density at radius 1 is 1.11 bits per heavy atom. The van der Waals surface area contributed by atoms with Crippen molar-refractivity contribution < 1.29 is 19.4 Å². The Morgan fingerprint density at radius 2 is 1.82 bits per heavy atom. The number of hydrogen-bond acceptors (Lipinski definition) is 4. The molecular formula is C21H37N3O4. The third kappa shape index (κ3) is 5.60. The molecule has 2 aliphatic carbocycles. The molecule has 2 saturated carbocycles. The van der Waals surface area contributed by atoms with Crippen molar-refractivity contribution in [3.63, 3.8) is 0 Å². The molecule has 0 bridgehead atoms. The van der Waals surface area contributed by atoms with Gasteiger partial charge in [-0.15, -0.1) is 0 Å². The summed E-state index contributed by atoms with van der Waals surface area (Å²) in [6.45, 7) is 6.59. The predicted octanol–water partition coefficient (Wildman–Crippen LogP) is 2.69. The fourth-order valence-electron chi connectivity index (χ4n) is 4.89. The molecule has 3 rings (SSSR count). The van der Waals surface area contributed by atoms with Crippen LogP contribution in [0.4, 0.5) is 4.79 Å². The Morgan fingerprint density at radius 3 is 2.39 bits per heavy atom. The van der Waals surface area contributed by atoms with Crippen molar-refractivity contribution in [2.75, 3.05) is 26.2 Å². The third-order valence-electron chi connectivity index (χ3n) is 6.81. The molecule has 2 amide bonds. The van der Waals surface area contributed by atoms with Gasteiger partial charge in [-0.3, -0.25) is 9.69 Å². The summed E-state index contributed by atoms with van der Waals surface area (Å²) >= 11 is 0. The summed E-state index contributed by atoms with van der Waals surface area (Å²) in [6.07, 6.45) is 8.50. The highest BCUT2D eigenvalue weighted by molar-refractivity contribution is 5.75. The number of rotatable bonds is 8. The van der Waals surface area contributed by atoms with Gasteiger partial charge in [0.05, 0.1) is 12.6 Å². The minimum absolute atomic E-state index is 0.0415. The number of carbonyl (C=O) groups excluding carboxylic acids is 1. The average molecular weight is 396 g/mol. The largest absolute Gasteiger partial charge is 0.480 e. The molecule has 28 heavy (non-hydrogen) atoms. The normalized spacial score (nSPS) is 32.8. The molecule has 1 heterocycles. The number of hydrogen-bond donors (Lipinski definition) is 2. The van der Waals surface area contributed by atoms with Crippen LogP contribution in [0.5, 0.6) is 0 Å². The number of likely N-dealkylation sites (N-methyl/N-ethyl adjacent to an activating group) is 1. The summed E-state index contributed by atoms with van der Waals surface area (Å²) in [7, 11) is 0. The molecule has 0 radical (unpaired) electrons. The monoisotopic (exact) mass is 395 g/mol. The van der Waals surface area contributed by atoms with E-state index in [9.17, 15) is 9.59 Å². The number of nitrogens with one attached hydrogen (secondary N) is 1. The smallest absolute Gasteiger partial charge is 0.317 e. The summed E-state index contributed by atoms with van der Waals surface area (Å²) in [4.78, 5) is 28.1. The maximum Gasteiger partial charge on any atom is 0.317 e. The molecular weight excluding hydrogens is 358 g/mol. The standard InChI is InChI=1S/C21H37N3O4/c1-3-23(14-20(25)26)18-11-16(12-18)22-21(27)24(13-19-5-4-10-28-19)17-8-6-15(2)7-9-17/h15-19H,3-14H2,1-2H3,(H,22,27)(H,25,26). The molecule has 3 aliphatic rings. The fraction of sp³-hybridized carbons (Fsp3) is 0.905. The SMILES string of the molecule is CCN(CC(=O)O)C1CC(NC(=O)N(CC2CCCO2)C2CCC(C)CC2)C1. The Labute approximate surface area is 168 Å². The van der Waals surface area contributed by atoms with Crippen LogP contribution >= 0.6 is 0 Å². The second-order valence-corrected chi connectivity index (χ2v) is 8.93. The number of aliphatic carboxylic acids is 1. The first-order valence-corrected chi connectivity index (χ1v) is 11.1. The Hall–Kier alpha value is -1.34. The third-order valence-corrected chi connectivity index (χ3v) is 6.81. The van der Waals surface area contributed by atoms with Crippen molar-refractivity contribution in [2.24, 2.45) is 5.92 Å². The molecule has 0 aromatic carbocycles. The van der Waals surface area contributed by atoms with Crippen LogP contribution in [0.2, 0.25) is 0 Å². The molecule has 1 unspecified atom stereocenters. The first-order chi connectivity index (χ1) is 13.5. The lowest BCUT2D eigenvalue weighted by atomic mass is 9.85. The summed E-state index contributed by atoms with van der Waals surface area (Å²) in [5.74, 6) is -0.0332. The first-order valence-electron chi connectivity index (χ1n) is 11.1. The topological polar surface area (TPSA) is 82.1 Å².